The Balaban J connectivity index is 1.39. The fourth-order valence-electron chi connectivity index (χ4n) is 4.23. The van der Waals surface area contributed by atoms with E-state index in [2.05, 4.69) is 70.5 Å². The number of aryl methyl sites for hydroxylation is 1. The molecular formula is C32H25BrO5. The van der Waals surface area contributed by atoms with Crippen LogP contribution in [-0.4, -0.2) is 17.7 Å². The highest BCUT2D eigenvalue weighted by Crippen LogP contribution is 2.30. The summed E-state index contributed by atoms with van der Waals surface area (Å²) >= 11 is 3.56. The number of hydrogen-bond donors (Lipinski definition) is 1. The normalized spacial score (nSPS) is 10.8. The van der Waals surface area contributed by atoms with Crippen LogP contribution in [0.2, 0.25) is 0 Å². The number of rotatable bonds is 10. The van der Waals surface area contributed by atoms with Crippen LogP contribution in [0, 0.1) is 0 Å². The van der Waals surface area contributed by atoms with Gasteiger partial charge in [-0.15, -0.1) is 0 Å². The van der Waals surface area contributed by atoms with Crippen LogP contribution in [-0.2, 0) is 11.2 Å². The van der Waals surface area contributed by atoms with Gasteiger partial charge in [0.05, 0.1) is 29.5 Å². The van der Waals surface area contributed by atoms with Crippen LogP contribution in [0.1, 0.15) is 23.1 Å². The van der Waals surface area contributed by atoms with E-state index in [9.17, 15) is 4.79 Å². The van der Waals surface area contributed by atoms with E-state index >= 15 is 0 Å². The highest BCUT2D eigenvalue weighted by molar-refractivity contribution is 9.10. The summed E-state index contributed by atoms with van der Waals surface area (Å²) in [5, 5.41) is 8.93. The van der Waals surface area contributed by atoms with Crippen molar-refractivity contribution in [3.05, 3.63) is 131 Å². The van der Waals surface area contributed by atoms with Crippen molar-refractivity contribution in [3.63, 3.8) is 0 Å². The Hall–Kier alpha value is -4.29. The predicted molar refractivity (Wildman–Crippen MR) is 151 cm³/mol. The summed E-state index contributed by atoms with van der Waals surface area (Å²) < 4.78 is 17.3. The molecule has 6 heteroatoms. The van der Waals surface area contributed by atoms with Gasteiger partial charge >= 0.3 is 5.97 Å². The Morgan fingerprint density at radius 2 is 1.37 bits per heavy atom. The summed E-state index contributed by atoms with van der Waals surface area (Å²) in [6.07, 6.45) is 9.45. The van der Waals surface area contributed by atoms with Crippen LogP contribution < -0.4 is 4.74 Å². The zero-order valence-corrected chi connectivity index (χ0v) is 22.1. The molecule has 0 fully saturated rings. The molecule has 5 nitrogen and oxygen atoms in total. The minimum atomic E-state index is -0.810. The molecule has 0 bridgehead atoms. The lowest BCUT2D eigenvalue weighted by atomic mass is 9.94. The molecule has 0 unspecified atom stereocenters. The maximum atomic E-state index is 10.9. The van der Waals surface area contributed by atoms with Crippen molar-refractivity contribution in [1.29, 1.82) is 0 Å². The lowest BCUT2D eigenvalue weighted by molar-refractivity contribution is -0.136. The summed E-state index contributed by atoms with van der Waals surface area (Å²) in [5.41, 5.74) is 8.37. The third-order valence-electron chi connectivity index (χ3n) is 6.25. The molecule has 0 aliphatic carbocycles. The molecule has 0 aliphatic rings. The van der Waals surface area contributed by atoms with Gasteiger partial charge in [0.2, 0.25) is 0 Å². The van der Waals surface area contributed by atoms with E-state index in [0.29, 0.717) is 18.8 Å². The first kappa shape index (κ1) is 25.4. The second-order valence-corrected chi connectivity index (χ2v) is 9.62. The van der Waals surface area contributed by atoms with Crippen LogP contribution >= 0.6 is 15.9 Å². The number of hydrogen-bond acceptors (Lipinski definition) is 4. The van der Waals surface area contributed by atoms with E-state index in [0.717, 1.165) is 49.0 Å². The van der Waals surface area contributed by atoms with Gasteiger partial charge in [0.15, 0.2) is 0 Å². The molecule has 0 radical (unpaired) electrons. The Morgan fingerprint density at radius 3 is 1.84 bits per heavy atom. The number of halogens is 1. The molecular weight excluding hydrogens is 544 g/mol. The van der Waals surface area contributed by atoms with E-state index in [1.807, 2.05) is 30.3 Å². The SMILES string of the molecule is O=C(O)CCc1ccc(OCC=C(c2ccc(-c3ccoc3)cc2)c2ccc(-c3ccoc3)cc2)c(Br)c1. The molecule has 2 heterocycles. The monoisotopic (exact) mass is 568 g/mol. The number of carbonyl (C=O) groups is 1. The summed E-state index contributed by atoms with van der Waals surface area (Å²) in [4.78, 5) is 10.9. The summed E-state index contributed by atoms with van der Waals surface area (Å²) in [7, 11) is 0. The van der Waals surface area contributed by atoms with Crippen molar-refractivity contribution in [1.82, 2.24) is 0 Å². The summed E-state index contributed by atoms with van der Waals surface area (Å²) in [6.45, 7) is 0.357. The van der Waals surface area contributed by atoms with E-state index in [-0.39, 0.29) is 6.42 Å². The van der Waals surface area contributed by atoms with Crippen molar-refractivity contribution in [3.8, 4) is 28.0 Å². The first-order chi connectivity index (χ1) is 18.6. The van der Waals surface area contributed by atoms with Gasteiger partial charge in [-0.05, 0) is 86.1 Å². The van der Waals surface area contributed by atoms with Gasteiger partial charge in [0.1, 0.15) is 12.4 Å². The third-order valence-corrected chi connectivity index (χ3v) is 6.87. The lowest BCUT2D eigenvalue weighted by Gasteiger charge is -2.12. The zero-order valence-electron chi connectivity index (χ0n) is 20.5. The molecule has 38 heavy (non-hydrogen) atoms. The first-order valence-corrected chi connectivity index (χ1v) is 13.0. The fraction of sp³-hybridized carbons (Fsp3) is 0.0938. The quantitative estimate of drug-likeness (QED) is 0.183. The van der Waals surface area contributed by atoms with Crippen molar-refractivity contribution < 1.29 is 23.5 Å². The smallest absolute Gasteiger partial charge is 0.303 e. The average molecular weight is 569 g/mol. The van der Waals surface area contributed by atoms with Gasteiger partial charge in [0.25, 0.3) is 0 Å². The van der Waals surface area contributed by atoms with Gasteiger partial charge in [-0.25, -0.2) is 0 Å². The highest BCUT2D eigenvalue weighted by atomic mass is 79.9. The largest absolute Gasteiger partial charge is 0.488 e. The van der Waals surface area contributed by atoms with Gasteiger partial charge in [-0.1, -0.05) is 54.6 Å². The molecule has 5 rings (SSSR count). The Kier molecular flexibility index (Phi) is 7.90. The molecule has 0 spiro atoms. The number of ether oxygens (including phenoxy) is 1. The highest BCUT2D eigenvalue weighted by Gasteiger charge is 2.09. The van der Waals surface area contributed by atoms with E-state index in [4.69, 9.17) is 18.7 Å². The number of carboxylic acid groups (broad SMARTS) is 1. The topological polar surface area (TPSA) is 72.8 Å². The van der Waals surface area contributed by atoms with Crippen molar-refractivity contribution in [2.24, 2.45) is 0 Å². The Bertz CT molecular complexity index is 1430. The Morgan fingerprint density at radius 1 is 0.789 bits per heavy atom. The number of furan rings is 2. The van der Waals surface area contributed by atoms with Gasteiger partial charge in [-0.3, -0.25) is 4.79 Å². The molecule has 190 valence electrons. The fourth-order valence-corrected chi connectivity index (χ4v) is 4.77. The zero-order chi connectivity index (χ0) is 26.3. The molecule has 2 aromatic heterocycles. The third kappa shape index (κ3) is 6.15. The van der Waals surface area contributed by atoms with Crippen molar-refractivity contribution >= 4 is 27.5 Å². The minimum absolute atomic E-state index is 0.0948. The van der Waals surface area contributed by atoms with Crippen molar-refractivity contribution in [2.45, 2.75) is 12.8 Å². The summed E-state index contributed by atoms with van der Waals surface area (Å²) in [6, 6.07) is 26.3. The van der Waals surface area contributed by atoms with Crippen LogP contribution in [0.25, 0.3) is 27.8 Å². The Labute approximate surface area is 229 Å². The standard InChI is InChI=1S/C32H25BrO5/c33-30-19-22(2-12-32(34)35)1-11-31(30)38-18-15-29(25-7-3-23(4-8-25)27-13-16-36-20-27)26-9-5-24(6-10-26)28-14-17-37-21-28/h1,3-11,13-17,19-21H,2,12,18H2,(H,34,35). The molecule has 0 saturated carbocycles. The molecule has 0 amide bonds. The molecule has 0 aliphatic heterocycles. The molecule has 3 aromatic carbocycles. The maximum Gasteiger partial charge on any atom is 0.303 e. The lowest BCUT2D eigenvalue weighted by Crippen LogP contribution is -2.00. The number of carboxylic acids is 1. The van der Waals surface area contributed by atoms with Crippen LogP contribution in [0.4, 0.5) is 0 Å². The molecule has 1 N–H and O–H groups in total. The van der Waals surface area contributed by atoms with Gasteiger partial charge < -0.3 is 18.7 Å². The van der Waals surface area contributed by atoms with Gasteiger partial charge in [-0.2, -0.15) is 0 Å². The van der Waals surface area contributed by atoms with Gasteiger partial charge in [0, 0.05) is 17.5 Å². The average Bonchev–Trinajstić information content (AvgIpc) is 3.67. The van der Waals surface area contributed by atoms with Crippen molar-refractivity contribution in [2.75, 3.05) is 6.61 Å². The second-order valence-electron chi connectivity index (χ2n) is 8.77. The van der Waals surface area contributed by atoms with Crippen LogP contribution in [0.15, 0.2) is 123 Å². The molecule has 0 atom stereocenters. The second kappa shape index (κ2) is 11.8. The first-order valence-electron chi connectivity index (χ1n) is 12.2. The van der Waals surface area contributed by atoms with Crippen LogP contribution in [0.3, 0.4) is 0 Å². The van der Waals surface area contributed by atoms with E-state index < -0.39 is 5.97 Å². The van der Waals surface area contributed by atoms with Crippen LogP contribution in [0.5, 0.6) is 5.75 Å². The predicted octanol–water partition coefficient (Wildman–Crippen LogP) is 8.50. The summed E-state index contributed by atoms with van der Waals surface area (Å²) in [5.74, 6) is -0.111. The maximum absolute atomic E-state index is 10.9. The number of aliphatic carboxylic acids is 1. The van der Waals surface area contributed by atoms with E-state index in [1.54, 1.807) is 25.1 Å². The molecule has 0 saturated heterocycles. The minimum Gasteiger partial charge on any atom is -0.488 e. The van der Waals surface area contributed by atoms with E-state index in [1.165, 1.54) is 0 Å². The molecule has 5 aromatic rings. The number of benzene rings is 3.